The fourth-order valence-corrected chi connectivity index (χ4v) is 4.72. The number of hydrogen-bond acceptors (Lipinski definition) is 4. The second-order valence-electron chi connectivity index (χ2n) is 6.89. The minimum Gasteiger partial charge on any atom is -0.481 e. The summed E-state index contributed by atoms with van der Waals surface area (Å²) < 4.78 is 27.4. The number of benzene rings is 1. The molecule has 2 unspecified atom stereocenters. The van der Waals surface area contributed by atoms with E-state index in [0.717, 1.165) is 19.3 Å². The summed E-state index contributed by atoms with van der Waals surface area (Å²) in [5.41, 5.74) is 0.879. The molecule has 1 aliphatic rings. The van der Waals surface area contributed by atoms with Gasteiger partial charge in [0.1, 0.15) is 0 Å². The predicted octanol–water partition coefficient (Wildman–Crippen LogP) is 2.01. The molecule has 2 N–H and O–H groups in total. The number of nitrogens with one attached hydrogen (secondary N) is 1. The largest absolute Gasteiger partial charge is 0.481 e. The highest BCUT2D eigenvalue weighted by molar-refractivity contribution is 7.89. The van der Waals surface area contributed by atoms with Crippen LogP contribution in [0.5, 0.6) is 0 Å². The Labute approximate surface area is 154 Å². The fourth-order valence-electron chi connectivity index (χ4n) is 3.00. The van der Waals surface area contributed by atoms with E-state index in [-0.39, 0.29) is 23.0 Å². The van der Waals surface area contributed by atoms with E-state index in [0.29, 0.717) is 12.1 Å². The van der Waals surface area contributed by atoms with Crippen LogP contribution in [0, 0.1) is 12.8 Å². The number of amides is 1. The average Bonchev–Trinajstić information content (AvgIpc) is 2.59. The Morgan fingerprint density at radius 3 is 2.65 bits per heavy atom. The molecule has 1 heterocycles. The lowest BCUT2D eigenvalue weighted by Gasteiger charge is -2.32. The smallest absolute Gasteiger partial charge is 0.308 e. The highest BCUT2D eigenvalue weighted by Gasteiger charge is 2.31. The molecule has 0 bridgehead atoms. The summed E-state index contributed by atoms with van der Waals surface area (Å²) in [6, 6.07) is 4.44. The zero-order valence-electron chi connectivity index (χ0n) is 15.4. The van der Waals surface area contributed by atoms with Gasteiger partial charge in [-0.2, -0.15) is 4.31 Å². The van der Waals surface area contributed by atoms with E-state index in [9.17, 15) is 18.0 Å². The molecule has 0 radical (unpaired) electrons. The van der Waals surface area contributed by atoms with E-state index in [4.69, 9.17) is 5.11 Å². The molecule has 1 aromatic carbocycles. The van der Waals surface area contributed by atoms with Gasteiger partial charge < -0.3 is 10.4 Å². The molecular weight excluding hydrogens is 356 g/mol. The highest BCUT2D eigenvalue weighted by Crippen LogP contribution is 2.26. The van der Waals surface area contributed by atoms with E-state index in [1.807, 2.05) is 6.92 Å². The van der Waals surface area contributed by atoms with Crippen LogP contribution in [0.15, 0.2) is 23.1 Å². The van der Waals surface area contributed by atoms with Crippen LogP contribution >= 0.6 is 0 Å². The van der Waals surface area contributed by atoms with Crippen molar-refractivity contribution in [3.05, 3.63) is 29.3 Å². The number of rotatable bonds is 6. The lowest BCUT2D eigenvalue weighted by molar-refractivity contribution is -0.140. The van der Waals surface area contributed by atoms with Crippen LogP contribution in [0.25, 0.3) is 0 Å². The number of sulfonamides is 1. The summed E-state index contributed by atoms with van der Waals surface area (Å²) in [7, 11) is -3.67. The maximum absolute atomic E-state index is 13.0. The normalized spacial score (nSPS) is 19.7. The van der Waals surface area contributed by atoms with Crippen molar-refractivity contribution >= 4 is 21.9 Å². The molecule has 0 saturated carbocycles. The Bertz CT molecular complexity index is 791. The SMILES string of the molecule is Cc1ccc(S(=O)(=O)N2CCCCC2C)cc1C(=O)NCC(C)C(=O)O. The molecule has 8 heteroatoms. The minimum atomic E-state index is -3.67. The van der Waals surface area contributed by atoms with Crippen molar-refractivity contribution in [3.63, 3.8) is 0 Å². The molecule has 2 rings (SSSR count). The van der Waals surface area contributed by atoms with Gasteiger partial charge in [-0.15, -0.1) is 0 Å². The van der Waals surface area contributed by atoms with Gasteiger partial charge >= 0.3 is 5.97 Å². The van der Waals surface area contributed by atoms with E-state index in [1.54, 1.807) is 13.0 Å². The third-order valence-corrected chi connectivity index (χ3v) is 6.80. The third kappa shape index (κ3) is 4.42. The van der Waals surface area contributed by atoms with Crippen molar-refractivity contribution in [2.75, 3.05) is 13.1 Å². The number of piperidine rings is 1. The van der Waals surface area contributed by atoms with Gasteiger partial charge in [0.05, 0.1) is 10.8 Å². The molecule has 26 heavy (non-hydrogen) atoms. The second kappa shape index (κ2) is 8.18. The molecule has 144 valence electrons. The van der Waals surface area contributed by atoms with Crippen molar-refractivity contribution < 1.29 is 23.1 Å². The fraction of sp³-hybridized carbons (Fsp3) is 0.556. The van der Waals surface area contributed by atoms with Crippen molar-refractivity contribution in [2.45, 2.75) is 51.0 Å². The summed E-state index contributed by atoms with van der Waals surface area (Å²) in [6.07, 6.45) is 2.66. The Kier molecular flexibility index (Phi) is 6.41. The molecule has 1 aromatic rings. The number of carboxylic acids is 1. The van der Waals surface area contributed by atoms with Gasteiger partial charge in [-0.1, -0.05) is 19.4 Å². The lowest BCUT2D eigenvalue weighted by Crippen LogP contribution is -2.42. The molecule has 1 aliphatic heterocycles. The molecule has 1 saturated heterocycles. The van der Waals surface area contributed by atoms with Crippen LogP contribution in [0.4, 0.5) is 0 Å². The van der Waals surface area contributed by atoms with Gasteiger partial charge in [-0.3, -0.25) is 9.59 Å². The van der Waals surface area contributed by atoms with Crippen LogP contribution in [0.2, 0.25) is 0 Å². The van der Waals surface area contributed by atoms with Crippen molar-refractivity contribution in [2.24, 2.45) is 5.92 Å². The lowest BCUT2D eigenvalue weighted by atomic mass is 10.1. The molecular formula is C18H26N2O5S. The monoisotopic (exact) mass is 382 g/mol. The summed E-state index contributed by atoms with van der Waals surface area (Å²) in [5.74, 6) is -2.20. The summed E-state index contributed by atoms with van der Waals surface area (Å²) >= 11 is 0. The predicted molar refractivity (Wildman–Crippen MR) is 97.5 cm³/mol. The number of carbonyl (C=O) groups is 2. The van der Waals surface area contributed by atoms with Crippen LogP contribution < -0.4 is 5.32 Å². The van der Waals surface area contributed by atoms with Gasteiger partial charge in [0.15, 0.2) is 0 Å². The van der Waals surface area contributed by atoms with Crippen molar-refractivity contribution in [3.8, 4) is 0 Å². The van der Waals surface area contributed by atoms with Crippen LogP contribution in [-0.4, -0.2) is 48.8 Å². The Morgan fingerprint density at radius 2 is 2.04 bits per heavy atom. The number of carbonyl (C=O) groups excluding carboxylic acids is 1. The number of carboxylic acid groups (broad SMARTS) is 1. The van der Waals surface area contributed by atoms with Gasteiger partial charge in [0, 0.05) is 24.7 Å². The third-order valence-electron chi connectivity index (χ3n) is 4.79. The first-order chi connectivity index (χ1) is 12.1. The van der Waals surface area contributed by atoms with Crippen LogP contribution in [0.3, 0.4) is 0 Å². The molecule has 1 fully saturated rings. The Balaban J connectivity index is 2.26. The maximum atomic E-state index is 13.0. The topological polar surface area (TPSA) is 104 Å². The second-order valence-corrected chi connectivity index (χ2v) is 8.78. The summed E-state index contributed by atoms with van der Waals surface area (Å²) in [6.45, 7) is 5.57. The van der Waals surface area contributed by atoms with E-state index < -0.39 is 27.8 Å². The maximum Gasteiger partial charge on any atom is 0.308 e. The quantitative estimate of drug-likeness (QED) is 0.783. The first kappa shape index (κ1) is 20.4. The molecule has 7 nitrogen and oxygen atoms in total. The van der Waals surface area contributed by atoms with Gasteiger partial charge in [0.2, 0.25) is 10.0 Å². The Hall–Kier alpha value is -1.93. The number of hydrogen-bond donors (Lipinski definition) is 2. The Morgan fingerprint density at radius 1 is 1.35 bits per heavy atom. The summed E-state index contributed by atoms with van der Waals surface area (Å²) in [5, 5.41) is 11.5. The first-order valence-electron chi connectivity index (χ1n) is 8.78. The number of aliphatic carboxylic acids is 1. The van der Waals surface area contributed by atoms with Crippen LogP contribution in [0.1, 0.15) is 49.0 Å². The van der Waals surface area contributed by atoms with E-state index in [2.05, 4.69) is 5.32 Å². The highest BCUT2D eigenvalue weighted by atomic mass is 32.2. The number of nitrogens with zero attached hydrogens (tertiary/aromatic N) is 1. The standard InChI is InChI=1S/C18H26N2O5S/c1-12-7-8-15(26(24,25)20-9-5-4-6-14(20)3)10-16(12)17(21)19-11-13(2)18(22)23/h7-8,10,13-14H,4-6,9,11H2,1-3H3,(H,19,21)(H,22,23). The van der Waals surface area contributed by atoms with Crippen molar-refractivity contribution in [1.29, 1.82) is 0 Å². The van der Waals surface area contributed by atoms with Gasteiger partial charge in [-0.05, 0) is 44.4 Å². The van der Waals surface area contributed by atoms with Gasteiger partial charge in [-0.25, -0.2) is 8.42 Å². The van der Waals surface area contributed by atoms with Crippen LogP contribution in [-0.2, 0) is 14.8 Å². The molecule has 2 atom stereocenters. The van der Waals surface area contributed by atoms with Crippen molar-refractivity contribution in [1.82, 2.24) is 9.62 Å². The zero-order chi connectivity index (χ0) is 19.5. The van der Waals surface area contributed by atoms with E-state index >= 15 is 0 Å². The average molecular weight is 382 g/mol. The summed E-state index contributed by atoms with van der Waals surface area (Å²) in [4.78, 5) is 23.4. The number of aryl methyl sites for hydroxylation is 1. The van der Waals surface area contributed by atoms with Gasteiger partial charge in [0.25, 0.3) is 5.91 Å². The molecule has 0 aromatic heterocycles. The molecule has 1 amide bonds. The zero-order valence-corrected chi connectivity index (χ0v) is 16.2. The minimum absolute atomic E-state index is 0.0201. The van der Waals surface area contributed by atoms with E-state index in [1.165, 1.54) is 23.4 Å². The first-order valence-corrected chi connectivity index (χ1v) is 10.2. The molecule has 0 spiro atoms. The molecule has 0 aliphatic carbocycles.